The van der Waals surface area contributed by atoms with Gasteiger partial charge in [-0.3, -0.25) is 0 Å². The topological polar surface area (TPSA) is 29.5 Å². The second-order valence-corrected chi connectivity index (χ2v) is 5.72. The van der Waals surface area contributed by atoms with Gasteiger partial charge in [-0.25, -0.2) is 0 Å². The second kappa shape index (κ2) is 4.84. The summed E-state index contributed by atoms with van der Waals surface area (Å²) in [5.74, 6) is 2.02. The summed E-state index contributed by atoms with van der Waals surface area (Å²) in [4.78, 5) is 0. The lowest BCUT2D eigenvalue weighted by Gasteiger charge is -2.36. The molecular weight excluding hydrogens is 188 g/mol. The summed E-state index contributed by atoms with van der Waals surface area (Å²) >= 11 is 0. The van der Waals surface area contributed by atoms with Crippen molar-refractivity contribution in [2.24, 2.45) is 17.8 Å². The Bertz CT molecular complexity index is 189. The van der Waals surface area contributed by atoms with Crippen molar-refractivity contribution in [2.75, 3.05) is 6.61 Å². The van der Waals surface area contributed by atoms with E-state index in [0.717, 1.165) is 31.3 Å². The zero-order chi connectivity index (χ0) is 10.8. The molecule has 2 rings (SSSR count). The summed E-state index contributed by atoms with van der Waals surface area (Å²) in [6, 6.07) is 0. The van der Waals surface area contributed by atoms with Crippen LogP contribution in [0.25, 0.3) is 0 Å². The number of aliphatic hydroxyl groups is 1. The highest BCUT2D eigenvalue weighted by Gasteiger charge is 2.35. The van der Waals surface area contributed by atoms with Gasteiger partial charge in [0.1, 0.15) is 0 Å². The van der Waals surface area contributed by atoms with Crippen molar-refractivity contribution in [1.82, 2.24) is 0 Å². The molecule has 0 aromatic rings. The van der Waals surface area contributed by atoms with Gasteiger partial charge in [-0.1, -0.05) is 13.8 Å². The molecule has 1 aliphatic heterocycles. The minimum Gasteiger partial charge on any atom is -0.390 e. The first-order valence-corrected chi connectivity index (χ1v) is 6.46. The van der Waals surface area contributed by atoms with Crippen molar-refractivity contribution in [3.05, 3.63) is 0 Å². The van der Waals surface area contributed by atoms with E-state index in [1.807, 2.05) is 0 Å². The summed E-state index contributed by atoms with van der Waals surface area (Å²) < 4.78 is 5.59. The van der Waals surface area contributed by atoms with E-state index in [-0.39, 0.29) is 12.2 Å². The van der Waals surface area contributed by atoms with Crippen LogP contribution in [-0.4, -0.2) is 23.9 Å². The molecular formula is C13H24O2. The van der Waals surface area contributed by atoms with Crippen LogP contribution in [-0.2, 0) is 4.74 Å². The van der Waals surface area contributed by atoms with Gasteiger partial charge in [0.2, 0.25) is 0 Å². The fourth-order valence-corrected chi connectivity index (χ4v) is 3.46. The first-order valence-electron chi connectivity index (χ1n) is 6.46. The molecule has 1 aliphatic carbocycles. The Balaban J connectivity index is 1.90. The Labute approximate surface area is 93.0 Å². The number of ether oxygens (including phenoxy) is 1. The first kappa shape index (κ1) is 11.4. The third kappa shape index (κ3) is 2.73. The number of hydrogen-bond acceptors (Lipinski definition) is 2. The molecule has 2 nitrogen and oxygen atoms in total. The summed E-state index contributed by atoms with van der Waals surface area (Å²) in [5.41, 5.74) is 0. The fraction of sp³-hybridized carbons (Fsp3) is 1.00. The average Bonchev–Trinajstić information content (AvgIpc) is 2.67. The van der Waals surface area contributed by atoms with Gasteiger partial charge in [-0.2, -0.15) is 0 Å². The zero-order valence-corrected chi connectivity index (χ0v) is 9.98. The van der Waals surface area contributed by atoms with Gasteiger partial charge in [0, 0.05) is 6.61 Å². The number of aliphatic hydroxyl groups excluding tert-OH is 1. The molecule has 88 valence electrons. The SMILES string of the molecule is CC1CC(C)CC(C(O)C2CCCO2)C1. The third-order valence-electron chi connectivity index (χ3n) is 4.04. The maximum Gasteiger partial charge on any atom is 0.0837 e. The van der Waals surface area contributed by atoms with E-state index in [4.69, 9.17) is 4.74 Å². The molecule has 0 bridgehead atoms. The maximum absolute atomic E-state index is 10.3. The lowest BCUT2D eigenvalue weighted by molar-refractivity contribution is -0.0497. The van der Waals surface area contributed by atoms with Crippen molar-refractivity contribution in [1.29, 1.82) is 0 Å². The minimum absolute atomic E-state index is 0.132. The molecule has 0 aromatic carbocycles. The highest BCUT2D eigenvalue weighted by Crippen LogP contribution is 2.37. The van der Waals surface area contributed by atoms with Crippen LogP contribution >= 0.6 is 0 Å². The zero-order valence-electron chi connectivity index (χ0n) is 9.98. The van der Waals surface area contributed by atoms with Crippen LogP contribution in [0.5, 0.6) is 0 Å². The molecule has 1 N–H and O–H groups in total. The fourth-order valence-electron chi connectivity index (χ4n) is 3.46. The summed E-state index contributed by atoms with van der Waals surface area (Å²) in [7, 11) is 0. The van der Waals surface area contributed by atoms with Crippen LogP contribution in [0.4, 0.5) is 0 Å². The van der Waals surface area contributed by atoms with Crippen molar-refractivity contribution >= 4 is 0 Å². The molecule has 2 fully saturated rings. The lowest BCUT2D eigenvalue weighted by atomic mass is 9.73. The van der Waals surface area contributed by atoms with E-state index >= 15 is 0 Å². The standard InChI is InChI=1S/C13H24O2/c1-9-6-10(2)8-11(7-9)13(14)12-4-3-5-15-12/h9-14H,3-8H2,1-2H3. The summed E-state index contributed by atoms with van der Waals surface area (Å²) in [5, 5.41) is 10.3. The van der Waals surface area contributed by atoms with Crippen LogP contribution < -0.4 is 0 Å². The Morgan fingerprint density at radius 1 is 1.13 bits per heavy atom. The molecule has 0 aromatic heterocycles. The van der Waals surface area contributed by atoms with E-state index in [1.54, 1.807) is 0 Å². The molecule has 0 radical (unpaired) electrons. The number of rotatable bonds is 2. The van der Waals surface area contributed by atoms with Crippen LogP contribution in [0.15, 0.2) is 0 Å². The Morgan fingerprint density at radius 2 is 1.80 bits per heavy atom. The van der Waals surface area contributed by atoms with E-state index in [9.17, 15) is 5.11 Å². The Kier molecular flexibility index (Phi) is 3.68. The monoisotopic (exact) mass is 212 g/mol. The molecule has 0 amide bonds. The van der Waals surface area contributed by atoms with Gasteiger partial charge < -0.3 is 9.84 Å². The van der Waals surface area contributed by atoms with E-state index < -0.39 is 0 Å². The van der Waals surface area contributed by atoms with Gasteiger partial charge >= 0.3 is 0 Å². The normalized spacial score (nSPS) is 44.2. The number of hydrogen-bond donors (Lipinski definition) is 1. The minimum atomic E-state index is -0.210. The van der Waals surface area contributed by atoms with Gasteiger partial charge in [0.25, 0.3) is 0 Å². The average molecular weight is 212 g/mol. The van der Waals surface area contributed by atoms with Gasteiger partial charge in [-0.05, 0) is 49.9 Å². The predicted molar refractivity (Wildman–Crippen MR) is 60.6 cm³/mol. The molecule has 1 saturated carbocycles. The Hall–Kier alpha value is -0.0800. The van der Waals surface area contributed by atoms with Gasteiger partial charge in [-0.15, -0.1) is 0 Å². The quantitative estimate of drug-likeness (QED) is 0.762. The van der Waals surface area contributed by atoms with Crippen LogP contribution in [0.3, 0.4) is 0 Å². The molecule has 2 aliphatic rings. The van der Waals surface area contributed by atoms with Crippen LogP contribution in [0.1, 0.15) is 46.0 Å². The van der Waals surface area contributed by atoms with Crippen molar-refractivity contribution in [3.8, 4) is 0 Å². The first-order chi connectivity index (χ1) is 7.16. The molecule has 4 unspecified atom stereocenters. The van der Waals surface area contributed by atoms with Gasteiger partial charge in [0.15, 0.2) is 0 Å². The summed E-state index contributed by atoms with van der Waals surface area (Å²) in [6.45, 7) is 5.47. The molecule has 2 heteroatoms. The molecule has 1 saturated heterocycles. The second-order valence-electron chi connectivity index (χ2n) is 5.72. The highest BCUT2D eigenvalue weighted by atomic mass is 16.5. The maximum atomic E-state index is 10.3. The molecule has 1 heterocycles. The van der Waals surface area contributed by atoms with Crippen molar-refractivity contribution in [2.45, 2.75) is 58.2 Å². The lowest BCUT2D eigenvalue weighted by Crippen LogP contribution is -2.37. The third-order valence-corrected chi connectivity index (χ3v) is 4.04. The largest absolute Gasteiger partial charge is 0.390 e. The molecule has 4 atom stereocenters. The summed E-state index contributed by atoms with van der Waals surface area (Å²) in [6.07, 6.45) is 5.80. The Morgan fingerprint density at radius 3 is 2.33 bits per heavy atom. The van der Waals surface area contributed by atoms with Crippen LogP contribution in [0.2, 0.25) is 0 Å². The smallest absolute Gasteiger partial charge is 0.0837 e. The van der Waals surface area contributed by atoms with Crippen molar-refractivity contribution in [3.63, 3.8) is 0 Å². The molecule has 0 spiro atoms. The molecule has 15 heavy (non-hydrogen) atoms. The van der Waals surface area contributed by atoms with Crippen molar-refractivity contribution < 1.29 is 9.84 Å². The van der Waals surface area contributed by atoms with E-state index in [2.05, 4.69) is 13.8 Å². The van der Waals surface area contributed by atoms with Gasteiger partial charge in [0.05, 0.1) is 12.2 Å². The predicted octanol–water partition coefficient (Wildman–Crippen LogP) is 2.60. The van der Waals surface area contributed by atoms with Crippen LogP contribution in [0, 0.1) is 17.8 Å². The van der Waals surface area contributed by atoms with E-state index in [0.29, 0.717) is 5.92 Å². The van der Waals surface area contributed by atoms with E-state index in [1.165, 1.54) is 19.3 Å². The highest BCUT2D eigenvalue weighted by molar-refractivity contribution is 4.85.